The second-order valence-electron chi connectivity index (χ2n) is 11.9. The number of allylic oxidation sites excluding steroid dienone is 2. The molecule has 37 heavy (non-hydrogen) atoms. The predicted molar refractivity (Wildman–Crippen MR) is 148 cm³/mol. The van der Waals surface area contributed by atoms with Crippen molar-refractivity contribution in [1.29, 1.82) is 0 Å². The molecular formula is C31H52O6. The molecule has 6 heteroatoms. The van der Waals surface area contributed by atoms with Gasteiger partial charge in [-0.3, -0.25) is 4.79 Å². The number of hydrogen-bond acceptors (Lipinski definition) is 6. The first-order valence-corrected chi connectivity index (χ1v) is 14.2. The Morgan fingerprint density at radius 2 is 1.95 bits per heavy atom. The molecule has 1 aliphatic carbocycles. The molecule has 1 fully saturated rings. The summed E-state index contributed by atoms with van der Waals surface area (Å²) in [7, 11) is 1.76. The molecule has 0 saturated heterocycles. The summed E-state index contributed by atoms with van der Waals surface area (Å²) in [5.74, 6) is 0.581. The molecule has 0 aromatic rings. The summed E-state index contributed by atoms with van der Waals surface area (Å²) in [5.41, 5.74) is -0.0713. The summed E-state index contributed by atoms with van der Waals surface area (Å²) in [6.07, 6.45) is 11.1. The molecule has 2 rings (SSSR count). The van der Waals surface area contributed by atoms with E-state index in [1.807, 2.05) is 58.1 Å². The van der Waals surface area contributed by atoms with Gasteiger partial charge in [-0.05, 0) is 62.9 Å². The van der Waals surface area contributed by atoms with Gasteiger partial charge >= 0.3 is 5.97 Å². The average Bonchev–Trinajstić information content (AvgIpc) is 3.64. The van der Waals surface area contributed by atoms with Crippen LogP contribution in [0.25, 0.3) is 0 Å². The number of rotatable bonds is 9. The van der Waals surface area contributed by atoms with Crippen molar-refractivity contribution in [1.82, 2.24) is 0 Å². The maximum absolute atomic E-state index is 12.6. The molecule has 212 valence electrons. The molecule has 0 spiro atoms. The number of carbonyl (C=O) groups is 1. The third-order valence-corrected chi connectivity index (χ3v) is 8.86. The Labute approximate surface area is 224 Å². The van der Waals surface area contributed by atoms with Gasteiger partial charge in [0.15, 0.2) is 0 Å². The Morgan fingerprint density at radius 1 is 1.27 bits per heavy atom. The van der Waals surface area contributed by atoms with E-state index in [0.29, 0.717) is 30.6 Å². The average molecular weight is 521 g/mol. The lowest BCUT2D eigenvalue weighted by Gasteiger charge is -2.31. The van der Waals surface area contributed by atoms with E-state index in [1.54, 1.807) is 14.0 Å². The van der Waals surface area contributed by atoms with E-state index in [4.69, 9.17) is 9.47 Å². The third kappa shape index (κ3) is 9.05. The van der Waals surface area contributed by atoms with Crippen molar-refractivity contribution in [2.24, 2.45) is 35.5 Å². The van der Waals surface area contributed by atoms with Crippen LogP contribution in [0.15, 0.2) is 36.0 Å². The molecule has 1 aliphatic heterocycles. The molecule has 0 amide bonds. The molecule has 0 radical (unpaired) electrons. The van der Waals surface area contributed by atoms with Crippen LogP contribution in [0.4, 0.5) is 0 Å². The second-order valence-corrected chi connectivity index (χ2v) is 11.9. The van der Waals surface area contributed by atoms with E-state index in [1.165, 1.54) is 0 Å². The quantitative estimate of drug-likeness (QED) is 0.219. The van der Waals surface area contributed by atoms with Crippen LogP contribution in [0.2, 0.25) is 0 Å². The fourth-order valence-electron chi connectivity index (χ4n) is 5.68. The van der Waals surface area contributed by atoms with Gasteiger partial charge in [0, 0.05) is 24.9 Å². The molecule has 0 unspecified atom stereocenters. The minimum absolute atomic E-state index is 0.00303. The van der Waals surface area contributed by atoms with E-state index >= 15 is 0 Å². The van der Waals surface area contributed by atoms with Crippen LogP contribution in [-0.2, 0) is 14.3 Å². The zero-order valence-corrected chi connectivity index (χ0v) is 24.3. The SMILES string of the molecule is CC[C@H](OC)[C@@H](C)[C@H]1C[C@@H]1[C@H](O)[C@H](C)/C=C/C=C(\C)[C@H]1OC(=O)C[C@H](O)CC[C@@](C)(O)[C@@H](C)/C=C/[C@@H]1C. The van der Waals surface area contributed by atoms with Crippen LogP contribution < -0.4 is 0 Å². The molecule has 0 aromatic carbocycles. The van der Waals surface area contributed by atoms with E-state index in [-0.39, 0.29) is 30.3 Å². The zero-order chi connectivity index (χ0) is 27.9. The highest BCUT2D eigenvalue weighted by atomic mass is 16.5. The third-order valence-electron chi connectivity index (χ3n) is 8.86. The lowest BCUT2D eigenvalue weighted by atomic mass is 9.84. The molecule has 6 nitrogen and oxygen atoms in total. The number of hydrogen-bond donors (Lipinski definition) is 3. The molecular weight excluding hydrogens is 468 g/mol. The Bertz CT molecular complexity index is 811. The Morgan fingerprint density at radius 3 is 2.57 bits per heavy atom. The highest BCUT2D eigenvalue weighted by molar-refractivity contribution is 5.70. The molecule has 1 saturated carbocycles. The van der Waals surface area contributed by atoms with E-state index in [0.717, 1.165) is 18.4 Å². The number of methoxy groups -OCH3 is 1. The Balaban J connectivity index is 2.09. The van der Waals surface area contributed by atoms with Gasteiger partial charge < -0.3 is 24.8 Å². The number of aliphatic hydroxyl groups excluding tert-OH is 2. The summed E-state index contributed by atoms with van der Waals surface area (Å²) >= 11 is 0. The number of ether oxygens (including phenoxy) is 2. The van der Waals surface area contributed by atoms with E-state index in [2.05, 4.69) is 13.8 Å². The smallest absolute Gasteiger partial charge is 0.309 e. The van der Waals surface area contributed by atoms with Gasteiger partial charge in [0.05, 0.1) is 30.3 Å². The van der Waals surface area contributed by atoms with Gasteiger partial charge in [-0.15, -0.1) is 0 Å². The highest BCUT2D eigenvalue weighted by Gasteiger charge is 2.48. The van der Waals surface area contributed by atoms with Crippen LogP contribution in [-0.4, -0.2) is 58.4 Å². The first-order chi connectivity index (χ1) is 17.3. The normalized spacial score (nSPS) is 38.1. The van der Waals surface area contributed by atoms with Gasteiger partial charge in [0.2, 0.25) is 0 Å². The van der Waals surface area contributed by atoms with Crippen LogP contribution in [0.5, 0.6) is 0 Å². The number of cyclic esters (lactones) is 1. The Kier molecular flexibility index (Phi) is 12.1. The van der Waals surface area contributed by atoms with Crippen molar-refractivity contribution in [3.8, 4) is 0 Å². The number of aliphatic hydroxyl groups is 3. The molecule has 0 bridgehead atoms. The lowest BCUT2D eigenvalue weighted by Crippen LogP contribution is -2.34. The van der Waals surface area contributed by atoms with Crippen molar-refractivity contribution >= 4 is 5.97 Å². The standard InChI is InChI=1S/C31H52O6/c1-9-27(36-8)23(6)25-18-26(25)29(34)19(2)11-10-12-20(3)30-21(4)13-14-22(5)31(7,35)16-15-24(32)17-28(33)37-30/h10-14,19,21-27,29-30,32,34-35H,9,15-18H2,1-8H3/b11-10+,14-13+,20-12+/t19-,21+,22+,23+,24-,25-,26+,27+,29-,30-,31-/m1/s1. The van der Waals surface area contributed by atoms with Gasteiger partial charge in [0.1, 0.15) is 6.10 Å². The molecule has 11 atom stereocenters. The maximum Gasteiger partial charge on any atom is 0.309 e. The monoisotopic (exact) mass is 520 g/mol. The van der Waals surface area contributed by atoms with Crippen LogP contribution in [0.3, 0.4) is 0 Å². The molecule has 1 heterocycles. The van der Waals surface area contributed by atoms with Crippen molar-refractivity contribution < 1.29 is 29.6 Å². The fourth-order valence-corrected chi connectivity index (χ4v) is 5.68. The zero-order valence-electron chi connectivity index (χ0n) is 24.3. The van der Waals surface area contributed by atoms with Crippen LogP contribution >= 0.6 is 0 Å². The highest BCUT2D eigenvalue weighted by Crippen LogP contribution is 2.49. The van der Waals surface area contributed by atoms with Gasteiger partial charge in [-0.25, -0.2) is 0 Å². The van der Waals surface area contributed by atoms with E-state index in [9.17, 15) is 20.1 Å². The van der Waals surface area contributed by atoms with Crippen molar-refractivity contribution in [2.75, 3.05) is 7.11 Å². The topological polar surface area (TPSA) is 96.2 Å². The summed E-state index contributed by atoms with van der Waals surface area (Å²) in [4.78, 5) is 12.6. The van der Waals surface area contributed by atoms with Crippen molar-refractivity contribution in [3.05, 3.63) is 36.0 Å². The minimum atomic E-state index is -0.959. The lowest BCUT2D eigenvalue weighted by molar-refractivity contribution is -0.151. The maximum atomic E-state index is 12.6. The summed E-state index contributed by atoms with van der Waals surface area (Å²) < 4.78 is 11.4. The molecule has 3 N–H and O–H groups in total. The number of carbonyl (C=O) groups excluding carboxylic acids is 1. The summed E-state index contributed by atoms with van der Waals surface area (Å²) in [6.45, 7) is 14.1. The Hall–Kier alpha value is -1.47. The van der Waals surface area contributed by atoms with Gasteiger partial charge in [0.25, 0.3) is 0 Å². The summed E-state index contributed by atoms with van der Waals surface area (Å²) in [6, 6.07) is 0. The summed E-state index contributed by atoms with van der Waals surface area (Å²) in [5, 5.41) is 32.0. The first-order valence-electron chi connectivity index (χ1n) is 14.2. The van der Waals surface area contributed by atoms with Crippen LogP contribution in [0.1, 0.15) is 80.6 Å². The first kappa shape index (κ1) is 31.7. The fraction of sp³-hybridized carbons (Fsp3) is 0.774. The predicted octanol–water partition coefficient (Wildman–Crippen LogP) is 5.22. The molecule has 2 aliphatic rings. The van der Waals surface area contributed by atoms with Gasteiger partial charge in [-0.2, -0.15) is 0 Å². The minimum Gasteiger partial charge on any atom is -0.457 e. The van der Waals surface area contributed by atoms with Crippen molar-refractivity contribution in [2.45, 2.75) is 111 Å². The van der Waals surface area contributed by atoms with Crippen molar-refractivity contribution in [3.63, 3.8) is 0 Å². The van der Waals surface area contributed by atoms with E-state index < -0.39 is 29.9 Å². The van der Waals surface area contributed by atoms with Gasteiger partial charge in [-0.1, -0.05) is 65.0 Å². The number of esters is 1. The second kappa shape index (κ2) is 14.1. The molecule has 0 aromatic heterocycles. The largest absolute Gasteiger partial charge is 0.457 e. The van der Waals surface area contributed by atoms with Crippen LogP contribution in [0, 0.1) is 35.5 Å².